The van der Waals surface area contributed by atoms with Crippen LogP contribution in [0.3, 0.4) is 0 Å². The molecule has 0 bridgehead atoms. The van der Waals surface area contributed by atoms with Crippen LogP contribution in [0.1, 0.15) is 46.9 Å². The van der Waals surface area contributed by atoms with Crippen LogP contribution in [0.25, 0.3) is 5.65 Å². The molecule has 1 unspecified atom stereocenters. The zero-order valence-electron chi connectivity index (χ0n) is 18.3. The van der Waals surface area contributed by atoms with Crippen LogP contribution in [-0.2, 0) is 11.2 Å². The average Bonchev–Trinajstić information content (AvgIpc) is 3.53. The van der Waals surface area contributed by atoms with Crippen LogP contribution in [0.4, 0.5) is 5.69 Å². The summed E-state index contributed by atoms with van der Waals surface area (Å²) in [7, 11) is 0. The van der Waals surface area contributed by atoms with Crippen molar-refractivity contribution in [1.82, 2.24) is 24.5 Å². The summed E-state index contributed by atoms with van der Waals surface area (Å²) in [6.07, 6.45) is 8.26. The van der Waals surface area contributed by atoms with Crippen molar-refractivity contribution in [3.05, 3.63) is 84.1 Å². The number of aromatic amines is 1. The highest BCUT2D eigenvalue weighted by molar-refractivity contribution is 6.08. The summed E-state index contributed by atoms with van der Waals surface area (Å²) in [5.41, 5.74) is 3.72. The van der Waals surface area contributed by atoms with Gasteiger partial charge < -0.3 is 15.2 Å². The van der Waals surface area contributed by atoms with E-state index in [2.05, 4.69) is 20.4 Å². The number of hydrogen-bond acceptors (Lipinski definition) is 4. The van der Waals surface area contributed by atoms with Crippen LogP contribution >= 0.6 is 0 Å². The Morgan fingerprint density at radius 3 is 2.82 bits per heavy atom. The number of carbonyl (C=O) groups is 2. The van der Waals surface area contributed by atoms with E-state index in [1.165, 1.54) is 0 Å². The SMILES string of the molecule is O=C(Nc1ccccc1)c1cnn2c(C3CCCN(C(=O)CCc4ccc[nH]4)C3)ccnc12. The van der Waals surface area contributed by atoms with Gasteiger partial charge in [-0.25, -0.2) is 9.50 Å². The van der Waals surface area contributed by atoms with E-state index in [0.717, 1.165) is 36.5 Å². The third-order valence-electron chi connectivity index (χ3n) is 6.17. The number of hydrogen-bond donors (Lipinski definition) is 2. The first-order valence-electron chi connectivity index (χ1n) is 11.3. The third kappa shape index (κ3) is 4.50. The van der Waals surface area contributed by atoms with E-state index in [0.29, 0.717) is 30.6 Å². The summed E-state index contributed by atoms with van der Waals surface area (Å²) in [5, 5.41) is 7.38. The molecule has 4 heterocycles. The summed E-state index contributed by atoms with van der Waals surface area (Å²) in [6.45, 7) is 1.42. The smallest absolute Gasteiger partial charge is 0.261 e. The predicted molar refractivity (Wildman–Crippen MR) is 125 cm³/mol. The van der Waals surface area contributed by atoms with E-state index in [9.17, 15) is 9.59 Å². The molecule has 4 aromatic rings. The monoisotopic (exact) mass is 442 g/mol. The van der Waals surface area contributed by atoms with Crippen LogP contribution in [0.2, 0.25) is 0 Å². The summed E-state index contributed by atoms with van der Waals surface area (Å²) in [4.78, 5) is 35.2. The van der Waals surface area contributed by atoms with E-state index in [1.54, 1.807) is 16.9 Å². The van der Waals surface area contributed by atoms with Gasteiger partial charge in [-0.15, -0.1) is 0 Å². The van der Waals surface area contributed by atoms with Crippen molar-refractivity contribution in [2.75, 3.05) is 18.4 Å². The van der Waals surface area contributed by atoms with Crippen molar-refractivity contribution in [3.63, 3.8) is 0 Å². The highest BCUT2D eigenvalue weighted by Gasteiger charge is 2.27. The molecule has 8 heteroatoms. The minimum Gasteiger partial charge on any atom is -0.365 e. The lowest BCUT2D eigenvalue weighted by Gasteiger charge is -2.33. The Morgan fingerprint density at radius 2 is 2.00 bits per heavy atom. The average molecular weight is 443 g/mol. The quantitative estimate of drug-likeness (QED) is 0.477. The van der Waals surface area contributed by atoms with E-state index >= 15 is 0 Å². The second-order valence-electron chi connectivity index (χ2n) is 8.36. The van der Waals surface area contributed by atoms with E-state index in [1.807, 2.05) is 59.6 Å². The number of benzene rings is 1. The standard InChI is InChI=1S/C25H26N6O2/c32-23(11-10-19-9-4-13-26-19)30-15-5-6-18(17-30)22-12-14-27-24-21(16-28-31(22)24)25(33)29-20-7-2-1-3-8-20/h1-4,7-9,12-14,16,18,26H,5-6,10-11,15,17H2,(H,29,33). The lowest BCUT2D eigenvalue weighted by atomic mass is 9.94. The maximum absolute atomic E-state index is 12.8. The van der Waals surface area contributed by atoms with Crippen molar-refractivity contribution < 1.29 is 9.59 Å². The molecule has 0 spiro atoms. The summed E-state index contributed by atoms with van der Waals surface area (Å²) in [6, 6.07) is 15.2. The number of H-pyrrole nitrogens is 1. The van der Waals surface area contributed by atoms with Crippen molar-refractivity contribution in [1.29, 1.82) is 0 Å². The molecule has 2 N–H and O–H groups in total. The number of nitrogens with one attached hydrogen (secondary N) is 2. The number of rotatable bonds is 6. The van der Waals surface area contributed by atoms with E-state index in [4.69, 9.17) is 0 Å². The topological polar surface area (TPSA) is 95.4 Å². The summed E-state index contributed by atoms with van der Waals surface area (Å²) in [5.74, 6) is 0.0669. The minimum absolute atomic E-state index is 0.142. The summed E-state index contributed by atoms with van der Waals surface area (Å²) >= 11 is 0. The number of amides is 2. The first-order valence-corrected chi connectivity index (χ1v) is 11.3. The Morgan fingerprint density at radius 1 is 1.12 bits per heavy atom. The molecular formula is C25H26N6O2. The molecule has 0 aliphatic carbocycles. The first kappa shape index (κ1) is 20.9. The van der Waals surface area contributed by atoms with Gasteiger partial charge in [-0.1, -0.05) is 18.2 Å². The molecule has 1 saturated heterocycles. The van der Waals surface area contributed by atoms with Gasteiger partial charge in [-0.2, -0.15) is 5.10 Å². The number of carbonyl (C=O) groups excluding carboxylic acids is 2. The fourth-order valence-electron chi connectivity index (χ4n) is 4.47. The molecule has 33 heavy (non-hydrogen) atoms. The van der Waals surface area contributed by atoms with Crippen LogP contribution in [0.5, 0.6) is 0 Å². The number of fused-ring (bicyclic) bond motifs is 1. The highest BCUT2D eigenvalue weighted by Crippen LogP contribution is 2.28. The number of aryl methyl sites for hydroxylation is 1. The molecule has 0 radical (unpaired) electrons. The maximum atomic E-state index is 12.8. The molecule has 0 saturated carbocycles. The number of piperidine rings is 1. The molecule has 168 valence electrons. The number of likely N-dealkylation sites (tertiary alicyclic amines) is 1. The van der Waals surface area contributed by atoms with Gasteiger partial charge in [-0.3, -0.25) is 9.59 Å². The predicted octanol–water partition coefficient (Wildman–Crippen LogP) is 3.65. The third-order valence-corrected chi connectivity index (χ3v) is 6.17. The van der Waals surface area contributed by atoms with Crippen LogP contribution in [-0.4, -0.2) is 49.4 Å². The van der Waals surface area contributed by atoms with Crippen LogP contribution in [0.15, 0.2) is 67.1 Å². The number of nitrogens with zero attached hydrogens (tertiary/aromatic N) is 4. The maximum Gasteiger partial charge on any atom is 0.261 e. The first-order chi connectivity index (χ1) is 16.2. The number of anilines is 1. The molecule has 5 rings (SSSR count). The number of para-hydroxylation sites is 1. The lowest BCUT2D eigenvalue weighted by Crippen LogP contribution is -2.39. The Labute approximate surface area is 191 Å². The van der Waals surface area contributed by atoms with Crippen molar-refractivity contribution >= 4 is 23.1 Å². The fraction of sp³-hybridized carbons (Fsp3) is 0.280. The van der Waals surface area contributed by atoms with Gasteiger partial charge in [0.2, 0.25) is 5.91 Å². The lowest BCUT2D eigenvalue weighted by molar-refractivity contribution is -0.132. The normalized spacial score (nSPS) is 16.1. The molecule has 1 aliphatic heterocycles. The zero-order chi connectivity index (χ0) is 22.6. The Kier molecular flexibility index (Phi) is 5.89. The second-order valence-corrected chi connectivity index (χ2v) is 8.36. The molecule has 3 aromatic heterocycles. The molecule has 2 amide bonds. The van der Waals surface area contributed by atoms with Gasteiger partial charge in [0.1, 0.15) is 5.56 Å². The molecule has 1 atom stereocenters. The fourth-order valence-corrected chi connectivity index (χ4v) is 4.47. The van der Waals surface area contributed by atoms with Crippen molar-refractivity contribution in [2.24, 2.45) is 0 Å². The second kappa shape index (κ2) is 9.28. The van der Waals surface area contributed by atoms with Crippen LogP contribution in [0, 0.1) is 0 Å². The summed E-state index contributed by atoms with van der Waals surface area (Å²) < 4.78 is 1.75. The van der Waals surface area contributed by atoms with Gasteiger partial charge in [0.25, 0.3) is 5.91 Å². The number of aromatic nitrogens is 4. The van der Waals surface area contributed by atoms with Crippen molar-refractivity contribution in [3.8, 4) is 0 Å². The van der Waals surface area contributed by atoms with E-state index in [-0.39, 0.29) is 17.7 Å². The Balaban J connectivity index is 1.32. The van der Waals surface area contributed by atoms with E-state index < -0.39 is 0 Å². The van der Waals surface area contributed by atoms with Gasteiger partial charge in [0.05, 0.1) is 11.9 Å². The Hall–Kier alpha value is -3.94. The molecule has 1 fully saturated rings. The van der Waals surface area contributed by atoms with Gasteiger partial charge in [0, 0.05) is 49.2 Å². The molecule has 1 aromatic carbocycles. The molecular weight excluding hydrogens is 416 g/mol. The molecule has 1 aliphatic rings. The molecule has 8 nitrogen and oxygen atoms in total. The van der Waals surface area contributed by atoms with Gasteiger partial charge in [-0.05, 0) is 49.6 Å². The largest absolute Gasteiger partial charge is 0.365 e. The van der Waals surface area contributed by atoms with Crippen molar-refractivity contribution in [2.45, 2.75) is 31.6 Å². The van der Waals surface area contributed by atoms with Gasteiger partial charge in [0.15, 0.2) is 5.65 Å². The zero-order valence-corrected chi connectivity index (χ0v) is 18.3. The Bertz CT molecular complexity index is 1250. The minimum atomic E-state index is -0.245. The van der Waals surface area contributed by atoms with Crippen LogP contribution < -0.4 is 5.32 Å². The highest BCUT2D eigenvalue weighted by atomic mass is 16.2. The van der Waals surface area contributed by atoms with Gasteiger partial charge >= 0.3 is 0 Å².